The standard InChI is InChI=1S/C48H83NO7/c1-6-8-10-12-14-16-18-19-20-21-22-23-24-25-26-27-28-29-31-33-35-37-39-47(51)56-44(42-54-41-40-45(48(52)53)49(3,4)5)43-55-46(50)38-36-34-32-30-17-15-13-11-9-7-2/h8,10,13-16,19-20,22-23,44-45H,6-7,9,11-12,17-18,21,24-43H2,1-5H3/b10-8+,15-13+,16-14+,20-19+,23-22+. The quantitative estimate of drug-likeness (QED) is 0.0265. The lowest BCUT2D eigenvalue weighted by atomic mass is 10.1. The zero-order chi connectivity index (χ0) is 41.4. The second-order valence-electron chi connectivity index (χ2n) is 15.9. The largest absolute Gasteiger partial charge is 0.544 e. The SMILES string of the molecule is CC/C=C/C/C=C/C/C=C/C/C=C/CCCCCCCCCCCC(=O)OC(COCCC(C(=O)[O-])[N+](C)(C)C)COC(=O)CCCCCC/C=C/CCCC. The number of rotatable bonds is 39. The molecule has 0 aromatic heterocycles. The second-order valence-corrected chi connectivity index (χ2v) is 15.9. The number of quaternary nitrogens is 1. The van der Waals surface area contributed by atoms with Crippen LogP contribution in [-0.4, -0.2) is 75.5 Å². The van der Waals surface area contributed by atoms with Crippen molar-refractivity contribution in [3.8, 4) is 0 Å². The third-order valence-corrected chi connectivity index (χ3v) is 9.64. The molecule has 0 saturated carbocycles. The van der Waals surface area contributed by atoms with Crippen LogP contribution in [-0.2, 0) is 28.6 Å². The molecule has 8 nitrogen and oxygen atoms in total. The Bertz CT molecular complexity index is 1100. The molecule has 0 fully saturated rings. The van der Waals surface area contributed by atoms with Gasteiger partial charge in [0.2, 0.25) is 0 Å². The predicted molar refractivity (Wildman–Crippen MR) is 231 cm³/mol. The van der Waals surface area contributed by atoms with E-state index >= 15 is 0 Å². The van der Waals surface area contributed by atoms with Crippen molar-refractivity contribution in [2.75, 3.05) is 41.0 Å². The van der Waals surface area contributed by atoms with Gasteiger partial charge in [0, 0.05) is 19.3 Å². The van der Waals surface area contributed by atoms with Gasteiger partial charge < -0.3 is 28.6 Å². The molecule has 0 aromatic rings. The van der Waals surface area contributed by atoms with E-state index < -0.39 is 18.1 Å². The van der Waals surface area contributed by atoms with Crippen LogP contribution in [0, 0.1) is 0 Å². The van der Waals surface area contributed by atoms with Gasteiger partial charge >= 0.3 is 11.9 Å². The minimum Gasteiger partial charge on any atom is -0.544 e. The van der Waals surface area contributed by atoms with Crippen LogP contribution in [0.25, 0.3) is 0 Å². The number of carbonyl (C=O) groups is 3. The van der Waals surface area contributed by atoms with E-state index in [0.29, 0.717) is 12.8 Å². The highest BCUT2D eigenvalue weighted by molar-refractivity contribution is 5.70. The molecule has 0 rings (SSSR count). The van der Waals surface area contributed by atoms with Gasteiger partial charge in [0.25, 0.3) is 0 Å². The van der Waals surface area contributed by atoms with Gasteiger partial charge in [-0.2, -0.15) is 0 Å². The Kier molecular flexibility index (Phi) is 36.8. The van der Waals surface area contributed by atoms with E-state index in [1.165, 1.54) is 51.4 Å². The van der Waals surface area contributed by atoms with E-state index in [2.05, 4.69) is 74.6 Å². The molecule has 0 N–H and O–H groups in total. The number of aliphatic carboxylic acids is 1. The maximum atomic E-state index is 12.7. The second kappa shape index (κ2) is 38.9. The van der Waals surface area contributed by atoms with Gasteiger partial charge in [0.05, 0.1) is 40.3 Å². The number of carboxylic acid groups (broad SMARTS) is 1. The summed E-state index contributed by atoms with van der Waals surface area (Å²) in [4.78, 5) is 36.8. The number of esters is 2. The molecule has 0 aliphatic rings. The molecule has 56 heavy (non-hydrogen) atoms. The summed E-state index contributed by atoms with van der Waals surface area (Å²) in [6.07, 6.45) is 46.8. The fraction of sp³-hybridized carbons (Fsp3) is 0.729. The van der Waals surface area contributed by atoms with Crippen molar-refractivity contribution in [3.63, 3.8) is 0 Å². The number of carbonyl (C=O) groups excluding carboxylic acids is 3. The van der Waals surface area contributed by atoms with Crippen LogP contribution >= 0.6 is 0 Å². The van der Waals surface area contributed by atoms with Crippen molar-refractivity contribution >= 4 is 17.9 Å². The van der Waals surface area contributed by atoms with E-state index in [1.807, 2.05) is 0 Å². The lowest BCUT2D eigenvalue weighted by molar-refractivity contribution is -0.889. The molecule has 0 bridgehead atoms. The van der Waals surface area contributed by atoms with Gasteiger partial charge in [-0.05, 0) is 70.6 Å². The van der Waals surface area contributed by atoms with Crippen molar-refractivity contribution < 1.29 is 38.2 Å². The fourth-order valence-electron chi connectivity index (χ4n) is 6.16. The minimum atomic E-state index is -1.13. The average Bonchev–Trinajstić information content (AvgIpc) is 3.15. The molecular weight excluding hydrogens is 703 g/mol. The summed E-state index contributed by atoms with van der Waals surface area (Å²) in [5.41, 5.74) is 0. The summed E-state index contributed by atoms with van der Waals surface area (Å²) < 4.78 is 17.1. The first-order chi connectivity index (χ1) is 27.1. The third-order valence-electron chi connectivity index (χ3n) is 9.64. The fourth-order valence-corrected chi connectivity index (χ4v) is 6.16. The molecule has 0 aliphatic heterocycles. The van der Waals surface area contributed by atoms with E-state index in [9.17, 15) is 19.5 Å². The Balaban J connectivity index is 4.28. The summed E-state index contributed by atoms with van der Waals surface area (Å²) in [7, 11) is 5.39. The van der Waals surface area contributed by atoms with Crippen LogP contribution in [0.1, 0.15) is 174 Å². The highest BCUT2D eigenvalue weighted by Gasteiger charge is 2.25. The van der Waals surface area contributed by atoms with Crippen LogP contribution in [0.2, 0.25) is 0 Å². The Morgan fingerprint density at radius 3 is 1.50 bits per heavy atom. The average molecular weight is 786 g/mol. The lowest BCUT2D eigenvalue weighted by Gasteiger charge is -2.34. The first-order valence-electron chi connectivity index (χ1n) is 22.3. The van der Waals surface area contributed by atoms with E-state index in [0.717, 1.165) is 89.9 Å². The smallest absolute Gasteiger partial charge is 0.306 e. The van der Waals surface area contributed by atoms with Crippen molar-refractivity contribution in [2.24, 2.45) is 0 Å². The molecule has 2 atom stereocenters. The monoisotopic (exact) mass is 786 g/mol. The van der Waals surface area contributed by atoms with Gasteiger partial charge in [0.1, 0.15) is 12.6 Å². The first-order valence-corrected chi connectivity index (χ1v) is 22.3. The Morgan fingerprint density at radius 1 is 0.554 bits per heavy atom. The molecule has 0 heterocycles. The first kappa shape index (κ1) is 53.0. The van der Waals surface area contributed by atoms with Crippen molar-refractivity contribution in [1.29, 1.82) is 0 Å². The third kappa shape index (κ3) is 36.7. The zero-order valence-electron chi connectivity index (χ0n) is 36.5. The van der Waals surface area contributed by atoms with Crippen molar-refractivity contribution in [3.05, 3.63) is 60.8 Å². The number of allylic oxidation sites excluding steroid dienone is 10. The van der Waals surface area contributed by atoms with Crippen LogP contribution in [0.3, 0.4) is 0 Å². The highest BCUT2D eigenvalue weighted by Crippen LogP contribution is 2.14. The predicted octanol–water partition coefficient (Wildman–Crippen LogP) is 10.9. The molecule has 0 amide bonds. The molecule has 322 valence electrons. The number of hydrogen-bond donors (Lipinski definition) is 0. The highest BCUT2D eigenvalue weighted by atomic mass is 16.6. The summed E-state index contributed by atoms with van der Waals surface area (Å²) in [6.45, 7) is 4.48. The number of nitrogens with zero attached hydrogens (tertiary/aromatic N) is 1. The lowest BCUT2D eigenvalue weighted by Crippen LogP contribution is -2.55. The normalized spacial score (nSPS) is 13.5. The van der Waals surface area contributed by atoms with Crippen LogP contribution < -0.4 is 5.11 Å². The van der Waals surface area contributed by atoms with E-state index in [-0.39, 0.29) is 42.7 Å². The van der Waals surface area contributed by atoms with E-state index in [4.69, 9.17) is 14.2 Å². The number of carboxylic acids is 1. The molecule has 0 saturated heterocycles. The summed E-state index contributed by atoms with van der Waals surface area (Å²) in [5.74, 6) is -1.76. The molecule has 0 radical (unpaired) electrons. The van der Waals surface area contributed by atoms with Crippen LogP contribution in [0.4, 0.5) is 0 Å². The minimum absolute atomic E-state index is 0.0329. The number of hydrogen-bond acceptors (Lipinski definition) is 7. The van der Waals surface area contributed by atoms with Gasteiger partial charge in [-0.25, -0.2) is 0 Å². The van der Waals surface area contributed by atoms with Crippen molar-refractivity contribution in [2.45, 2.75) is 187 Å². The summed E-state index contributed by atoms with van der Waals surface area (Å²) in [6, 6.07) is -0.729. The number of likely N-dealkylation sites (N-methyl/N-ethyl adjacent to an activating group) is 1. The van der Waals surface area contributed by atoms with Gasteiger partial charge in [-0.15, -0.1) is 0 Å². The van der Waals surface area contributed by atoms with Crippen LogP contribution in [0.15, 0.2) is 60.8 Å². The van der Waals surface area contributed by atoms with Gasteiger partial charge in [-0.3, -0.25) is 9.59 Å². The number of ether oxygens (including phenoxy) is 3. The maximum Gasteiger partial charge on any atom is 0.306 e. The topological polar surface area (TPSA) is 102 Å². The molecule has 0 aromatic carbocycles. The Labute approximate surface area is 343 Å². The number of unbranched alkanes of at least 4 members (excludes halogenated alkanes) is 15. The molecule has 0 spiro atoms. The van der Waals surface area contributed by atoms with Crippen molar-refractivity contribution in [1.82, 2.24) is 0 Å². The van der Waals surface area contributed by atoms with Gasteiger partial charge in [0.15, 0.2) is 6.10 Å². The molecule has 2 unspecified atom stereocenters. The zero-order valence-corrected chi connectivity index (χ0v) is 36.5. The molecule has 0 aliphatic carbocycles. The molecular formula is C48H83NO7. The summed E-state index contributed by atoms with van der Waals surface area (Å²) >= 11 is 0. The Hall–Kier alpha value is -2.97. The van der Waals surface area contributed by atoms with E-state index in [1.54, 1.807) is 21.1 Å². The summed E-state index contributed by atoms with van der Waals surface area (Å²) in [5, 5.41) is 11.6. The Morgan fingerprint density at radius 2 is 1.00 bits per heavy atom. The maximum absolute atomic E-state index is 12.7. The molecule has 8 heteroatoms. The van der Waals surface area contributed by atoms with Crippen LogP contribution in [0.5, 0.6) is 0 Å². The van der Waals surface area contributed by atoms with Gasteiger partial charge in [-0.1, -0.05) is 145 Å².